The molecule has 0 spiro atoms. The summed E-state index contributed by atoms with van der Waals surface area (Å²) in [6.45, 7) is 2.68. The molecular weight excluding hydrogens is 122 g/mol. The van der Waals surface area contributed by atoms with E-state index in [0.29, 0.717) is 0 Å². The van der Waals surface area contributed by atoms with Crippen molar-refractivity contribution in [3.05, 3.63) is 0 Å². The Kier molecular flexibility index (Phi) is 0.984. The third-order valence-electron chi connectivity index (χ3n) is 4.03. The van der Waals surface area contributed by atoms with Crippen molar-refractivity contribution >= 4 is 0 Å². The van der Waals surface area contributed by atoms with Gasteiger partial charge in [-0.25, -0.2) is 0 Å². The van der Waals surface area contributed by atoms with Gasteiger partial charge < -0.3 is 5.32 Å². The van der Waals surface area contributed by atoms with E-state index >= 15 is 0 Å². The quantitative estimate of drug-likeness (QED) is 0.530. The summed E-state index contributed by atoms with van der Waals surface area (Å²) in [4.78, 5) is 0. The second kappa shape index (κ2) is 1.76. The van der Waals surface area contributed by atoms with Gasteiger partial charge in [0.1, 0.15) is 0 Å². The van der Waals surface area contributed by atoms with E-state index in [1.165, 1.54) is 13.1 Å². The minimum absolute atomic E-state index is 1.10. The molecule has 2 aliphatic carbocycles. The fraction of sp³-hybridized carbons (Fsp3) is 1.00. The van der Waals surface area contributed by atoms with Crippen molar-refractivity contribution in [2.75, 3.05) is 13.1 Å². The van der Waals surface area contributed by atoms with E-state index in [1.54, 1.807) is 19.3 Å². The van der Waals surface area contributed by atoms with Gasteiger partial charge in [0.25, 0.3) is 0 Å². The summed E-state index contributed by atoms with van der Waals surface area (Å²) in [7, 11) is 0. The molecule has 3 rings (SSSR count). The first-order chi connectivity index (χ1) is 4.95. The Morgan fingerprint density at radius 3 is 2.10 bits per heavy atom. The zero-order valence-corrected chi connectivity index (χ0v) is 6.34. The van der Waals surface area contributed by atoms with Crippen molar-refractivity contribution in [3.8, 4) is 0 Å². The highest BCUT2D eigenvalue weighted by atomic mass is 14.9. The van der Waals surface area contributed by atoms with Crippen LogP contribution in [0.15, 0.2) is 0 Å². The van der Waals surface area contributed by atoms with E-state index < -0.39 is 0 Å². The molecule has 3 aliphatic rings. The summed E-state index contributed by atoms with van der Waals surface area (Å²) in [5.74, 6) is 4.45. The molecule has 0 aromatic rings. The third-order valence-corrected chi connectivity index (χ3v) is 4.03. The molecule has 2 unspecified atom stereocenters. The average Bonchev–Trinajstić information content (AvgIpc) is 2.60. The Morgan fingerprint density at radius 1 is 0.900 bits per heavy atom. The van der Waals surface area contributed by atoms with Gasteiger partial charge in [0.05, 0.1) is 0 Å². The van der Waals surface area contributed by atoms with Crippen LogP contribution in [-0.4, -0.2) is 13.1 Å². The summed E-state index contributed by atoms with van der Waals surface area (Å²) >= 11 is 0. The minimum atomic E-state index is 1.10. The Balaban J connectivity index is 1.92. The van der Waals surface area contributed by atoms with E-state index in [1.807, 2.05) is 0 Å². The highest BCUT2D eigenvalue weighted by Gasteiger charge is 2.48. The molecule has 0 aromatic carbocycles. The maximum Gasteiger partial charge on any atom is -0.00145 e. The van der Waals surface area contributed by atoms with Crippen LogP contribution in [0.2, 0.25) is 0 Å². The van der Waals surface area contributed by atoms with Crippen molar-refractivity contribution in [1.82, 2.24) is 5.32 Å². The lowest BCUT2D eigenvalue weighted by Crippen LogP contribution is -2.19. The SMILES string of the molecule is C1NCC2C1[C@@H]1CC[C@H]2C1. The van der Waals surface area contributed by atoms with Gasteiger partial charge in [0.15, 0.2) is 0 Å². The molecule has 3 fully saturated rings. The number of hydrogen-bond donors (Lipinski definition) is 1. The van der Waals surface area contributed by atoms with Crippen LogP contribution in [0.25, 0.3) is 0 Å². The predicted molar refractivity (Wildman–Crippen MR) is 40.7 cm³/mol. The molecule has 2 saturated carbocycles. The molecule has 56 valence electrons. The second-order valence-corrected chi connectivity index (χ2v) is 4.32. The molecule has 1 saturated heterocycles. The maximum absolute atomic E-state index is 3.53. The van der Waals surface area contributed by atoms with Crippen molar-refractivity contribution in [3.63, 3.8) is 0 Å². The van der Waals surface area contributed by atoms with Crippen LogP contribution in [0.3, 0.4) is 0 Å². The zero-order valence-electron chi connectivity index (χ0n) is 6.34. The Hall–Kier alpha value is -0.0400. The van der Waals surface area contributed by atoms with Crippen molar-refractivity contribution in [1.29, 1.82) is 0 Å². The fourth-order valence-corrected chi connectivity index (χ4v) is 3.58. The van der Waals surface area contributed by atoms with Crippen LogP contribution < -0.4 is 5.32 Å². The first-order valence-corrected chi connectivity index (χ1v) is 4.66. The lowest BCUT2D eigenvalue weighted by molar-refractivity contribution is 0.281. The van der Waals surface area contributed by atoms with E-state index in [9.17, 15) is 0 Å². The fourth-order valence-electron chi connectivity index (χ4n) is 3.58. The number of rotatable bonds is 0. The maximum atomic E-state index is 3.53. The molecule has 0 amide bonds. The molecule has 1 nitrogen and oxygen atoms in total. The van der Waals surface area contributed by atoms with Crippen LogP contribution in [0.5, 0.6) is 0 Å². The van der Waals surface area contributed by atoms with Gasteiger partial charge in [-0.1, -0.05) is 0 Å². The smallest absolute Gasteiger partial charge is 0.00145 e. The molecule has 10 heavy (non-hydrogen) atoms. The zero-order chi connectivity index (χ0) is 6.55. The largest absolute Gasteiger partial charge is 0.316 e. The molecule has 1 aliphatic heterocycles. The molecule has 1 heteroatoms. The Morgan fingerprint density at radius 2 is 1.50 bits per heavy atom. The van der Waals surface area contributed by atoms with Gasteiger partial charge in [0.2, 0.25) is 0 Å². The van der Waals surface area contributed by atoms with Crippen LogP contribution in [0.1, 0.15) is 19.3 Å². The summed E-state index contributed by atoms with van der Waals surface area (Å²) in [6.07, 6.45) is 4.68. The van der Waals surface area contributed by atoms with E-state index in [-0.39, 0.29) is 0 Å². The molecule has 1 N–H and O–H groups in total. The van der Waals surface area contributed by atoms with Crippen LogP contribution >= 0.6 is 0 Å². The summed E-state index contributed by atoms with van der Waals surface area (Å²) in [5, 5.41) is 3.53. The Labute approximate surface area is 62.2 Å². The molecular formula is C9H15N. The highest BCUT2D eigenvalue weighted by Crippen LogP contribution is 2.53. The number of nitrogens with one attached hydrogen (secondary N) is 1. The van der Waals surface area contributed by atoms with Crippen LogP contribution in [0.4, 0.5) is 0 Å². The average molecular weight is 137 g/mol. The van der Waals surface area contributed by atoms with Crippen LogP contribution in [0, 0.1) is 23.7 Å². The minimum Gasteiger partial charge on any atom is -0.316 e. The van der Waals surface area contributed by atoms with E-state index in [0.717, 1.165) is 23.7 Å². The molecule has 4 atom stereocenters. The van der Waals surface area contributed by atoms with Gasteiger partial charge >= 0.3 is 0 Å². The van der Waals surface area contributed by atoms with Gasteiger partial charge in [-0.3, -0.25) is 0 Å². The number of hydrogen-bond acceptors (Lipinski definition) is 1. The van der Waals surface area contributed by atoms with Crippen molar-refractivity contribution in [2.45, 2.75) is 19.3 Å². The number of fused-ring (bicyclic) bond motifs is 5. The topological polar surface area (TPSA) is 12.0 Å². The van der Waals surface area contributed by atoms with Gasteiger partial charge in [-0.15, -0.1) is 0 Å². The normalized spacial score (nSPS) is 57.6. The second-order valence-electron chi connectivity index (χ2n) is 4.32. The predicted octanol–water partition coefficient (Wildman–Crippen LogP) is 1.25. The lowest BCUT2D eigenvalue weighted by Gasteiger charge is -2.22. The summed E-state index contributed by atoms with van der Waals surface area (Å²) in [6, 6.07) is 0. The standard InChI is InChI=1S/C9H15N/c1-2-7-3-6(1)8-4-10-5-9(7)8/h6-10H,1-5H2/t6-,7+,8?,9?. The van der Waals surface area contributed by atoms with Crippen molar-refractivity contribution < 1.29 is 0 Å². The Bertz CT molecular complexity index is 139. The van der Waals surface area contributed by atoms with E-state index in [4.69, 9.17) is 0 Å². The molecule has 2 bridgehead atoms. The first-order valence-electron chi connectivity index (χ1n) is 4.66. The van der Waals surface area contributed by atoms with Gasteiger partial charge in [-0.2, -0.15) is 0 Å². The summed E-state index contributed by atoms with van der Waals surface area (Å²) in [5.41, 5.74) is 0. The third kappa shape index (κ3) is 0.531. The van der Waals surface area contributed by atoms with Gasteiger partial charge in [-0.05, 0) is 56.0 Å². The first kappa shape index (κ1) is 5.59. The molecule has 0 radical (unpaired) electrons. The monoisotopic (exact) mass is 137 g/mol. The summed E-state index contributed by atoms with van der Waals surface area (Å²) < 4.78 is 0. The van der Waals surface area contributed by atoms with Gasteiger partial charge in [0, 0.05) is 0 Å². The molecule has 1 heterocycles. The molecule has 0 aromatic heterocycles. The van der Waals surface area contributed by atoms with Crippen LogP contribution in [-0.2, 0) is 0 Å². The van der Waals surface area contributed by atoms with Crippen molar-refractivity contribution in [2.24, 2.45) is 23.7 Å². The van der Waals surface area contributed by atoms with E-state index in [2.05, 4.69) is 5.32 Å². The highest BCUT2D eigenvalue weighted by molar-refractivity contribution is 5.00. The lowest BCUT2D eigenvalue weighted by atomic mass is 9.82.